The molecule has 0 bridgehead atoms. The fraction of sp³-hybridized carbons (Fsp3) is 0.240. The molecule has 0 atom stereocenters. The molecule has 0 fully saturated rings. The van der Waals surface area contributed by atoms with E-state index in [1.165, 1.54) is 11.1 Å². The molecule has 0 saturated carbocycles. The quantitative estimate of drug-likeness (QED) is 0.679. The molecule has 148 valence electrons. The molecule has 0 spiro atoms. The number of nitrogens with zero attached hydrogens (tertiary/aromatic N) is 1. The van der Waals surface area contributed by atoms with Crippen LogP contribution in [-0.4, -0.2) is 24.1 Å². The molecule has 0 heterocycles. The first kappa shape index (κ1) is 19.2. The van der Waals surface area contributed by atoms with Gasteiger partial charge in [-0.05, 0) is 59.4 Å². The standard InChI is InChI=1S/C25H26N2O2/c1-26-25(29)20-11-9-18(10-12-20)16-27(23-8-4-5-19(13-23)17-28)24-14-21-6-2-3-7-22(21)15-24/h2-13,24,28H,14-17H2,1H3,(H,26,29). The molecule has 1 aliphatic rings. The van der Waals surface area contributed by atoms with Crippen molar-refractivity contribution in [1.29, 1.82) is 0 Å². The minimum atomic E-state index is -0.0738. The summed E-state index contributed by atoms with van der Waals surface area (Å²) in [5, 5.41) is 12.3. The van der Waals surface area contributed by atoms with E-state index in [1.807, 2.05) is 36.4 Å². The maximum Gasteiger partial charge on any atom is 0.251 e. The van der Waals surface area contributed by atoms with E-state index in [4.69, 9.17) is 0 Å². The molecule has 4 nitrogen and oxygen atoms in total. The Bertz CT molecular complexity index is 973. The Balaban J connectivity index is 1.63. The summed E-state index contributed by atoms with van der Waals surface area (Å²) in [7, 11) is 1.64. The largest absolute Gasteiger partial charge is 0.392 e. The third-order valence-corrected chi connectivity index (χ3v) is 5.69. The minimum Gasteiger partial charge on any atom is -0.392 e. The number of rotatable bonds is 6. The summed E-state index contributed by atoms with van der Waals surface area (Å²) in [5.74, 6) is -0.0738. The lowest BCUT2D eigenvalue weighted by Crippen LogP contribution is -2.35. The molecule has 0 aliphatic heterocycles. The zero-order valence-electron chi connectivity index (χ0n) is 16.6. The summed E-state index contributed by atoms with van der Waals surface area (Å²) in [6.07, 6.45) is 2.02. The second-order valence-corrected chi connectivity index (χ2v) is 7.56. The molecule has 29 heavy (non-hydrogen) atoms. The number of amides is 1. The van der Waals surface area contributed by atoms with Crippen LogP contribution in [-0.2, 0) is 26.0 Å². The zero-order valence-corrected chi connectivity index (χ0v) is 16.6. The Morgan fingerprint density at radius 3 is 2.28 bits per heavy atom. The lowest BCUT2D eigenvalue weighted by Gasteiger charge is -2.32. The second kappa shape index (κ2) is 8.50. The van der Waals surface area contributed by atoms with Crippen molar-refractivity contribution in [2.24, 2.45) is 0 Å². The van der Waals surface area contributed by atoms with Crippen molar-refractivity contribution < 1.29 is 9.90 Å². The highest BCUT2D eigenvalue weighted by Gasteiger charge is 2.27. The molecule has 3 aromatic rings. The van der Waals surface area contributed by atoms with Crippen molar-refractivity contribution in [3.8, 4) is 0 Å². The van der Waals surface area contributed by atoms with E-state index in [2.05, 4.69) is 46.6 Å². The molecule has 0 radical (unpaired) electrons. The molecule has 1 amide bonds. The smallest absolute Gasteiger partial charge is 0.251 e. The molecule has 1 aliphatic carbocycles. The highest BCUT2D eigenvalue weighted by Crippen LogP contribution is 2.31. The number of carbonyl (C=O) groups excluding carboxylic acids is 1. The van der Waals surface area contributed by atoms with Crippen LogP contribution in [0.1, 0.15) is 32.6 Å². The van der Waals surface area contributed by atoms with Gasteiger partial charge in [-0.2, -0.15) is 0 Å². The first-order chi connectivity index (χ1) is 14.2. The SMILES string of the molecule is CNC(=O)c1ccc(CN(c2cccc(CO)c2)C2Cc3ccccc3C2)cc1. The monoisotopic (exact) mass is 386 g/mol. The molecule has 4 rings (SSSR count). The first-order valence-corrected chi connectivity index (χ1v) is 10.0. The molecule has 2 N–H and O–H groups in total. The fourth-order valence-electron chi connectivity index (χ4n) is 4.12. The second-order valence-electron chi connectivity index (χ2n) is 7.56. The Morgan fingerprint density at radius 1 is 0.966 bits per heavy atom. The average molecular weight is 386 g/mol. The highest BCUT2D eigenvalue weighted by molar-refractivity contribution is 5.93. The van der Waals surface area contributed by atoms with Crippen LogP contribution in [0.2, 0.25) is 0 Å². The summed E-state index contributed by atoms with van der Waals surface area (Å²) in [4.78, 5) is 14.3. The molecule has 3 aromatic carbocycles. The van der Waals surface area contributed by atoms with E-state index in [-0.39, 0.29) is 12.5 Å². The Kier molecular flexibility index (Phi) is 5.63. The Hall–Kier alpha value is -3.11. The predicted molar refractivity (Wildman–Crippen MR) is 116 cm³/mol. The van der Waals surface area contributed by atoms with Crippen LogP contribution in [0, 0.1) is 0 Å². The number of carbonyl (C=O) groups is 1. The van der Waals surface area contributed by atoms with Gasteiger partial charge in [0.2, 0.25) is 0 Å². The van der Waals surface area contributed by atoms with Gasteiger partial charge in [-0.3, -0.25) is 4.79 Å². The van der Waals surface area contributed by atoms with E-state index in [0.717, 1.165) is 36.2 Å². The van der Waals surface area contributed by atoms with E-state index in [0.29, 0.717) is 11.6 Å². The zero-order chi connectivity index (χ0) is 20.2. The number of fused-ring (bicyclic) bond motifs is 1. The molecular weight excluding hydrogens is 360 g/mol. The van der Waals surface area contributed by atoms with Gasteiger partial charge in [0, 0.05) is 30.9 Å². The third-order valence-electron chi connectivity index (χ3n) is 5.69. The van der Waals surface area contributed by atoms with E-state index in [9.17, 15) is 9.90 Å². The number of hydrogen-bond donors (Lipinski definition) is 2. The summed E-state index contributed by atoms with van der Waals surface area (Å²) in [5.41, 5.74) is 6.68. The first-order valence-electron chi connectivity index (χ1n) is 10.0. The Labute approximate surface area is 171 Å². The molecule has 4 heteroatoms. The van der Waals surface area contributed by atoms with Crippen LogP contribution in [0.3, 0.4) is 0 Å². The summed E-state index contributed by atoms with van der Waals surface area (Å²) < 4.78 is 0. The summed E-state index contributed by atoms with van der Waals surface area (Å²) in [6, 6.07) is 24.9. The summed E-state index contributed by atoms with van der Waals surface area (Å²) in [6.45, 7) is 0.787. The van der Waals surface area contributed by atoms with Gasteiger partial charge in [-0.25, -0.2) is 0 Å². The highest BCUT2D eigenvalue weighted by atomic mass is 16.3. The van der Waals surface area contributed by atoms with Crippen molar-refractivity contribution >= 4 is 11.6 Å². The minimum absolute atomic E-state index is 0.0351. The molecule has 0 unspecified atom stereocenters. The normalized spacial score (nSPS) is 13.2. The van der Waals surface area contributed by atoms with Crippen LogP contribution in [0.15, 0.2) is 72.8 Å². The Morgan fingerprint density at radius 2 is 1.66 bits per heavy atom. The third kappa shape index (κ3) is 4.17. The van der Waals surface area contributed by atoms with Crippen LogP contribution < -0.4 is 10.2 Å². The van der Waals surface area contributed by atoms with Gasteiger partial charge in [-0.1, -0.05) is 48.5 Å². The van der Waals surface area contributed by atoms with Crippen LogP contribution in [0.5, 0.6) is 0 Å². The molecular formula is C25H26N2O2. The van der Waals surface area contributed by atoms with Gasteiger partial charge in [-0.15, -0.1) is 0 Å². The fourth-order valence-corrected chi connectivity index (χ4v) is 4.12. The lowest BCUT2D eigenvalue weighted by atomic mass is 10.1. The van der Waals surface area contributed by atoms with Gasteiger partial charge < -0.3 is 15.3 Å². The summed E-state index contributed by atoms with van der Waals surface area (Å²) >= 11 is 0. The average Bonchev–Trinajstić information content (AvgIpc) is 3.21. The van der Waals surface area contributed by atoms with E-state index < -0.39 is 0 Å². The topological polar surface area (TPSA) is 52.6 Å². The van der Waals surface area contributed by atoms with Gasteiger partial charge in [0.1, 0.15) is 0 Å². The van der Waals surface area contributed by atoms with Crippen molar-refractivity contribution in [2.45, 2.75) is 32.0 Å². The van der Waals surface area contributed by atoms with Crippen molar-refractivity contribution in [2.75, 3.05) is 11.9 Å². The van der Waals surface area contributed by atoms with Gasteiger partial charge in [0.25, 0.3) is 5.91 Å². The lowest BCUT2D eigenvalue weighted by molar-refractivity contribution is 0.0963. The van der Waals surface area contributed by atoms with E-state index >= 15 is 0 Å². The van der Waals surface area contributed by atoms with Crippen molar-refractivity contribution in [3.05, 3.63) is 101 Å². The van der Waals surface area contributed by atoms with Crippen LogP contribution in [0.25, 0.3) is 0 Å². The van der Waals surface area contributed by atoms with Crippen LogP contribution in [0.4, 0.5) is 5.69 Å². The van der Waals surface area contributed by atoms with Crippen LogP contribution >= 0.6 is 0 Å². The number of nitrogens with one attached hydrogen (secondary N) is 1. The molecule has 0 aromatic heterocycles. The maximum absolute atomic E-state index is 11.8. The number of anilines is 1. The number of hydrogen-bond acceptors (Lipinski definition) is 3. The number of aliphatic hydroxyl groups is 1. The van der Waals surface area contributed by atoms with Gasteiger partial charge in [0.05, 0.1) is 6.61 Å². The van der Waals surface area contributed by atoms with Crippen molar-refractivity contribution in [3.63, 3.8) is 0 Å². The predicted octanol–water partition coefficient (Wildman–Crippen LogP) is 3.71. The molecule has 0 saturated heterocycles. The number of aliphatic hydroxyl groups excluding tert-OH is 1. The maximum atomic E-state index is 11.8. The van der Waals surface area contributed by atoms with E-state index in [1.54, 1.807) is 7.05 Å². The van der Waals surface area contributed by atoms with Crippen molar-refractivity contribution in [1.82, 2.24) is 5.32 Å². The van der Waals surface area contributed by atoms with Gasteiger partial charge in [0.15, 0.2) is 0 Å². The number of benzene rings is 3. The van der Waals surface area contributed by atoms with Gasteiger partial charge >= 0.3 is 0 Å².